The maximum atomic E-state index is 9.13. The molecule has 0 saturated heterocycles. The number of para-hydroxylation sites is 4. The number of anilines is 4. The first-order chi connectivity index (χ1) is 35.4. The van der Waals surface area contributed by atoms with Gasteiger partial charge < -0.3 is 14.5 Å². The Labute approximate surface area is 383 Å². The number of benzene rings is 7. The molecule has 3 heterocycles. The highest BCUT2D eigenvalue weighted by Gasteiger charge is 2.32. The zero-order valence-electron chi connectivity index (χ0n) is 44.8. The van der Waals surface area contributed by atoms with E-state index in [4.69, 9.17) is 23.4 Å². The lowest BCUT2D eigenvalue weighted by Gasteiger charge is -2.27. The fraction of sp³-hybridized carbons (Fsp3) is 0.190. The number of hydrogen-bond acceptors (Lipinski definition) is 4. The summed E-state index contributed by atoms with van der Waals surface area (Å²) in [5.41, 5.74) is 7.53. The summed E-state index contributed by atoms with van der Waals surface area (Å²) >= 11 is 0. The van der Waals surface area contributed by atoms with E-state index in [1.54, 1.807) is 18.2 Å². The van der Waals surface area contributed by atoms with Crippen molar-refractivity contribution >= 4 is 44.6 Å². The minimum Gasteiger partial charge on any atom is -0.457 e. The second-order valence-electron chi connectivity index (χ2n) is 17.0. The molecule has 63 heavy (non-hydrogen) atoms. The van der Waals surface area contributed by atoms with Crippen molar-refractivity contribution in [2.45, 2.75) is 63.2 Å². The van der Waals surface area contributed by atoms with Gasteiger partial charge in [-0.2, -0.15) is 0 Å². The number of rotatable bonds is 9. The van der Waals surface area contributed by atoms with E-state index >= 15 is 0 Å². The number of aromatic nitrogens is 2. The second-order valence-corrected chi connectivity index (χ2v) is 17.0. The van der Waals surface area contributed by atoms with Gasteiger partial charge in [-0.15, -0.1) is 0 Å². The van der Waals surface area contributed by atoms with Crippen LogP contribution >= 0.6 is 0 Å². The van der Waals surface area contributed by atoms with E-state index in [1.165, 1.54) is 31.2 Å². The molecule has 2 aromatic heterocycles. The summed E-state index contributed by atoms with van der Waals surface area (Å²) < 4.78 is 97.2. The summed E-state index contributed by atoms with van der Waals surface area (Å²) in [6.45, 7) is 0.146. The lowest BCUT2D eigenvalue weighted by atomic mass is 9.95. The van der Waals surface area contributed by atoms with Crippen LogP contribution in [-0.2, 0) is 0 Å². The van der Waals surface area contributed by atoms with Gasteiger partial charge in [0.2, 0.25) is 0 Å². The number of ether oxygens (including phenoxy) is 1. The average molecular weight is 829 g/mol. The molecule has 5 heteroatoms. The van der Waals surface area contributed by atoms with Crippen molar-refractivity contribution in [3.05, 3.63) is 193 Å². The third kappa shape index (κ3) is 6.83. The van der Waals surface area contributed by atoms with Gasteiger partial charge in [-0.25, -0.2) is 4.98 Å². The van der Waals surface area contributed by atoms with E-state index in [-0.39, 0.29) is 28.9 Å². The van der Waals surface area contributed by atoms with E-state index in [1.807, 2.05) is 47.5 Å². The molecule has 0 N–H and O–H groups in total. The standard InChI is InChI=1S/C58H50N4O/c1-3-20-42(21-4-1)49-25-15-26-50(43-22-5-2-6-23-43)58(49)61-39-60(54-28-13-14-29-55(54)61)46-34-45(41-18-9-10-19-41)35-48(37-46)63-47-30-31-52-51-24-11-12-27-53(51)62(56(52)38-47)57-36-44(32-33-59-57)40-16-7-8-17-40/h1-6,11-15,20-38,40-41H,7-10,16-19,39H2/i1D,2D,3D,4D,5D,6D,20D,21D,22D,23D. The summed E-state index contributed by atoms with van der Waals surface area (Å²) in [4.78, 5) is 9.04. The van der Waals surface area contributed by atoms with Gasteiger partial charge in [0, 0.05) is 45.9 Å². The molecule has 0 spiro atoms. The summed E-state index contributed by atoms with van der Waals surface area (Å²) in [6, 6.07) is 33.4. The maximum Gasteiger partial charge on any atom is 0.137 e. The van der Waals surface area contributed by atoms with Crippen LogP contribution in [0.15, 0.2) is 182 Å². The lowest BCUT2D eigenvalue weighted by molar-refractivity contribution is 0.482. The van der Waals surface area contributed by atoms with Crippen molar-refractivity contribution in [3.63, 3.8) is 0 Å². The lowest BCUT2D eigenvalue weighted by Crippen LogP contribution is -2.25. The highest BCUT2D eigenvalue weighted by atomic mass is 16.5. The number of fused-ring (bicyclic) bond motifs is 4. The first-order valence-electron chi connectivity index (χ1n) is 27.1. The van der Waals surface area contributed by atoms with Gasteiger partial charge in [0.05, 0.1) is 41.8 Å². The Hall–Kier alpha value is -7.11. The predicted octanol–water partition coefficient (Wildman–Crippen LogP) is 15.9. The molecule has 0 unspecified atom stereocenters. The first kappa shape index (κ1) is 28.5. The predicted molar refractivity (Wildman–Crippen MR) is 260 cm³/mol. The Morgan fingerprint density at radius 1 is 0.524 bits per heavy atom. The third-order valence-electron chi connectivity index (χ3n) is 13.3. The number of hydrogen-bond donors (Lipinski definition) is 0. The Morgan fingerprint density at radius 2 is 1.16 bits per heavy atom. The van der Waals surface area contributed by atoms with Crippen LogP contribution < -0.4 is 14.5 Å². The SMILES string of the molecule is [2H]c1c([2H])c([2H])c(-c2cccc(-c3c([2H])c([2H])c([2H])c([2H])c3[2H])c2N2CN(c3cc(Oc4ccc5c6ccccc6n(-c6cc(C7CCCC7)ccn6)c5c4)cc(C4CCCC4)c3)c3ccccc32)c([2H])c1[2H]. The first-order valence-corrected chi connectivity index (χ1v) is 22.1. The molecular weight excluding hydrogens is 769 g/mol. The molecule has 0 radical (unpaired) electrons. The average Bonchev–Trinajstić information content (AvgIpc) is 4.26. The molecule has 5 nitrogen and oxygen atoms in total. The molecule has 7 aromatic carbocycles. The summed E-state index contributed by atoms with van der Waals surface area (Å²) in [7, 11) is 0. The van der Waals surface area contributed by atoms with Gasteiger partial charge in [0.25, 0.3) is 0 Å². The Balaban J connectivity index is 1.00. The Bertz CT molecular complexity index is 3570. The van der Waals surface area contributed by atoms with Crippen LogP contribution in [0.4, 0.5) is 22.7 Å². The molecule has 12 rings (SSSR count). The summed E-state index contributed by atoms with van der Waals surface area (Å²) in [6.07, 6.45) is 11.1. The quantitative estimate of drug-likeness (QED) is 0.145. The minimum atomic E-state index is -0.538. The van der Waals surface area contributed by atoms with E-state index in [9.17, 15) is 0 Å². The molecule has 2 aliphatic carbocycles. The van der Waals surface area contributed by atoms with Crippen LogP contribution in [0, 0.1) is 0 Å². The monoisotopic (exact) mass is 828 g/mol. The van der Waals surface area contributed by atoms with Crippen molar-refractivity contribution in [2.75, 3.05) is 16.5 Å². The third-order valence-corrected chi connectivity index (χ3v) is 13.3. The van der Waals surface area contributed by atoms with Crippen molar-refractivity contribution in [1.29, 1.82) is 0 Å². The van der Waals surface area contributed by atoms with Crippen LogP contribution in [0.2, 0.25) is 0 Å². The topological polar surface area (TPSA) is 33.5 Å². The highest BCUT2D eigenvalue weighted by Crippen LogP contribution is 2.51. The van der Waals surface area contributed by atoms with Gasteiger partial charge >= 0.3 is 0 Å². The van der Waals surface area contributed by atoms with Gasteiger partial charge in [-0.05, 0) is 114 Å². The molecule has 0 atom stereocenters. The molecule has 308 valence electrons. The molecule has 2 fully saturated rings. The molecule has 0 bridgehead atoms. The smallest absolute Gasteiger partial charge is 0.137 e. The molecule has 0 amide bonds. The zero-order valence-corrected chi connectivity index (χ0v) is 34.8. The van der Waals surface area contributed by atoms with Crippen molar-refractivity contribution in [3.8, 4) is 39.6 Å². The number of pyridine rings is 1. The second kappa shape index (κ2) is 16.0. The van der Waals surface area contributed by atoms with Crippen LogP contribution in [0.25, 0.3) is 49.9 Å². The highest BCUT2D eigenvalue weighted by molar-refractivity contribution is 6.09. The fourth-order valence-corrected chi connectivity index (χ4v) is 10.4. The van der Waals surface area contributed by atoms with Crippen LogP contribution in [0.3, 0.4) is 0 Å². The largest absolute Gasteiger partial charge is 0.457 e. The Morgan fingerprint density at radius 3 is 1.87 bits per heavy atom. The number of nitrogens with zero attached hydrogens (tertiary/aromatic N) is 4. The fourth-order valence-electron chi connectivity index (χ4n) is 10.4. The minimum absolute atomic E-state index is 0.0710. The van der Waals surface area contributed by atoms with Gasteiger partial charge in [0.1, 0.15) is 24.0 Å². The van der Waals surface area contributed by atoms with Crippen LogP contribution in [0.5, 0.6) is 11.5 Å². The van der Waals surface area contributed by atoms with Gasteiger partial charge in [0.15, 0.2) is 0 Å². The van der Waals surface area contributed by atoms with E-state index in [0.717, 1.165) is 70.2 Å². The van der Waals surface area contributed by atoms with E-state index in [0.29, 0.717) is 34.7 Å². The van der Waals surface area contributed by atoms with E-state index in [2.05, 4.69) is 70.1 Å². The van der Waals surface area contributed by atoms with Crippen molar-refractivity contribution in [1.82, 2.24) is 9.55 Å². The zero-order chi connectivity index (χ0) is 50.4. The summed E-state index contributed by atoms with van der Waals surface area (Å²) in [5.74, 6) is 3.03. The normalized spacial score (nSPS) is 17.7. The maximum absolute atomic E-state index is 9.13. The summed E-state index contributed by atoms with van der Waals surface area (Å²) in [5, 5.41) is 2.22. The van der Waals surface area contributed by atoms with Crippen LogP contribution in [0.1, 0.15) is 88.0 Å². The van der Waals surface area contributed by atoms with Crippen molar-refractivity contribution in [2.24, 2.45) is 0 Å². The molecule has 3 aliphatic rings. The van der Waals surface area contributed by atoms with Crippen molar-refractivity contribution < 1.29 is 18.4 Å². The molecule has 1 aliphatic heterocycles. The molecule has 2 saturated carbocycles. The Kier molecular flexibility index (Phi) is 7.22. The molecular formula is C58H50N4O. The van der Waals surface area contributed by atoms with E-state index < -0.39 is 60.4 Å². The molecule has 9 aromatic rings. The van der Waals surface area contributed by atoms with Gasteiger partial charge in [-0.3, -0.25) is 4.57 Å². The van der Waals surface area contributed by atoms with Gasteiger partial charge in [-0.1, -0.05) is 135 Å². The van der Waals surface area contributed by atoms with Crippen LogP contribution in [-0.4, -0.2) is 16.2 Å².